The van der Waals surface area contributed by atoms with E-state index in [0.29, 0.717) is 0 Å². The van der Waals surface area contributed by atoms with Crippen LogP contribution in [0.2, 0.25) is 0 Å². The molecule has 0 atom stereocenters. The van der Waals surface area contributed by atoms with E-state index in [1.165, 1.54) is 0 Å². The van der Waals surface area contributed by atoms with Crippen LogP contribution >= 0.6 is 0 Å². The van der Waals surface area contributed by atoms with Gasteiger partial charge in [0, 0.05) is 0 Å². The fourth-order valence-corrected chi connectivity index (χ4v) is 0. The predicted octanol–water partition coefficient (Wildman–Crippen LogP) is -4.46. The quantitative estimate of drug-likeness (QED) is 0.334. The molecule has 0 aromatic rings. The Morgan fingerprint density at radius 1 is 1.50 bits per heavy atom. The minimum absolute atomic E-state index is 0. The molecule has 0 fully saturated rings. The Morgan fingerprint density at radius 2 is 1.50 bits per heavy atom. The Labute approximate surface area is 73.9 Å². The number of rotatable bonds is 0. The first-order chi connectivity index (χ1) is 3.15. The standard InChI is InChI=1S/CH2O3.Al.Na.2O/c2-1(3)4;;;;/h(H2,2,3,4);;;;/q;;+1;;-1. The molecule has 0 bridgehead atoms. The van der Waals surface area contributed by atoms with Crippen LogP contribution in [0.25, 0.3) is 0 Å². The number of hydrogen-bond acceptors (Lipinski definition) is 3. The van der Waals surface area contributed by atoms with Crippen molar-refractivity contribution >= 4 is 21.6 Å². The van der Waals surface area contributed by atoms with Gasteiger partial charge in [-0.05, 0) is 0 Å². The zero-order valence-corrected chi connectivity index (χ0v) is 7.35. The van der Waals surface area contributed by atoms with E-state index in [9.17, 15) is 0 Å². The van der Waals surface area contributed by atoms with E-state index in [4.69, 9.17) is 23.0 Å². The van der Waals surface area contributed by atoms with Crippen LogP contribution in [0.3, 0.4) is 0 Å². The summed E-state index contributed by atoms with van der Waals surface area (Å²) in [5.74, 6) is 0. The molecule has 0 amide bonds. The molecule has 0 aromatic carbocycles. The topological polar surface area (TPSA) is 97.7 Å². The summed E-state index contributed by atoms with van der Waals surface area (Å²) in [6.07, 6.45) is -1.83. The summed E-state index contributed by atoms with van der Waals surface area (Å²) in [5, 5.41) is 13.9. The Balaban J connectivity index is -0.0000000575. The fraction of sp³-hybridized carbons (Fsp3) is 0. The maximum atomic E-state index is 8.56. The zero-order chi connectivity index (χ0) is 6.28. The van der Waals surface area contributed by atoms with E-state index in [0.717, 1.165) is 0 Å². The summed E-state index contributed by atoms with van der Waals surface area (Å²) < 4.78 is 16.9. The van der Waals surface area contributed by atoms with E-state index >= 15 is 0 Å². The second-order valence-corrected chi connectivity index (χ2v) is 0.571. The van der Waals surface area contributed by atoms with Gasteiger partial charge in [0.15, 0.2) is 0 Å². The Hall–Kier alpha value is 0.402. The first kappa shape index (κ1) is 15.8. The van der Waals surface area contributed by atoms with Crippen molar-refractivity contribution in [3.63, 3.8) is 0 Å². The molecule has 0 aliphatic heterocycles. The van der Waals surface area contributed by atoms with Crippen molar-refractivity contribution in [1.29, 1.82) is 0 Å². The Kier molecular flexibility index (Phi) is 30.9. The molecule has 0 aromatic heterocycles. The monoisotopic (exact) mass is 144 g/mol. The van der Waals surface area contributed by atoms with Crippen molar-refractivity contribution in [2.24, 2.45) is 0 Å². The van der Waals surface area contributed by atoms with E-state index in [-0.39, 0.29) is 29.6 Å². The molecule has 0 saturated heterocycles. The average Bonchev–Trinajstić information content (AvgIpc) is 1.33. The molecule has 7 heteroatoms. The summed E-state index contributed by atoms with van der Waals surface area (Å²) in [5.41, 5.74) is 0. The average molecular weight is 144 g/mol. The summed E-state index contributed by atoms with van der Waals surface area (Å²) in [6, 6.07) is 0. The van der Waals surface area contributed by atoms with E-state index in [2.05, 4.69) is 0 Å². The predicted molar refractivity (Wildman–Crippen MR) is 17.1 cm³/mol. The SMILES string of the molecule is O=C(O)O.[Na+].[O]=[Al][O-]. The van der Waals surface area contributed by atoms with Gasteiger partial charge in [-0.3, -0.25) is 0 Å². The number of hydrogen-bond donors (Lipinski definition) is 2. The normalized spacial score (nSPS) is 4.00. The molecule has 0 rings (SSSR count). The van der Waals surface area contributed by atoms with Crippen molar-refractivity contribution in [3.8, 4) is 0 Å². The Bertz CT molecular complexity index is 59.4. The summed E-state index contributed by atoms with van der Waals surface area (Å²) in [7, 11) is 0. The fourth-order valence-electron chi connectivity index (χ4n) is 0. The van der Waals surface area contributed by atoms with Crippen LogP contribution in [0.1, 0.15) is 0 Å². The number of carboxylic acid groups (broad SMARTS) is 2. The van der Waals surface area contributed by atoms with Crippen molar-refractivity contribution in [2.45, 2.75) is 0 Å². The third-order valence-corrected chi connectivity index (χ3v) is 0. The van der Waals surface area contributed by atoms with Gasteiger partial charge in [0.1, 0.15) is 0 Å². The zero-order valence-electron chi connectivity index (χ0n) is 4.20. The van der Waals surface area contributed by atoms with Crippen molar-refractivity contribution in [3.05, 3.63) is 0 Å². The molecular formula is CH2AlNaO5. The number of carbonyl (C=O) groups is 1. The van der Waals surface area contributed by atoms with Crippen LogP contribution in [0.4, 0.5) is 4.79 Å². The second-order valence-electron chi connectivity index (χ2n) is 0.379. The molecule has 40 valence electrons. The van der Waals surface area contributed by atoms with Crippen LogP contribution in [0.15, 0.2) is 0 Å². The van der Waals surface area contributed by atoms with Crippen LogP contribution in [-0.4, -0.2) is 31.9 Å². The molecule has 0 spiro atoms. The first-order valence-corrected chi connectivity index (χ1v) is 2.07. The van der Waals surface area contributed by atoms with Crippen molar-refractivity contribution < 1.29 is 52.5 Å². The van der Waals surface area contributed by atoms with Gasteiger partial charge in [-0.2, -0.15) is 0 Å². The van der Waals surface area contributed by atoms with Gasteiger partial charge in [-0.1, -0.05) is 0 Å². The third kappa shape index (κ3) is 1150. The summed E-state index contributed by atoms with van der Waals surface area (Å²) in [6.45, 7) is 0. The molecule has 0 heterocycles. The molecule has 0 aliphatic carbocycles. The molecule has 2 N–H and O–H groups in total. The van der Waals surface area contributed by atoms with Gasteiger partial charge >= 0.3 is 59.2 Å². The van der Waals surface area contributed by atoms with Crippen molar-refractivity contribution in [2.75, 3.05) is 0 Å². The van der Waals surface area contributed by atoms with Gasteiger partial charge < -0.3 is 10.2 Å². The van der Waals surface area contributed by atoms with E-state index in [1.54, 1.807) is 0 Å². The van der Waals surface area contributed by atoms with Crippen LogP contribution in [0.5, 0.6) is 0 Å². The molecule has 0 unspecified atom stereocenters. The second kappa shape index (κ2) is 15.7. The van der Waals surface area contributed by atoms with Crippen molar-refractivity contribution in [1.82, 2.24) is 0 Å². The van der Waals surface area contributed by atoms with Crippen LogP contribution in [-0.2, 0) is 3.80 Å². The van der Waals surface area contributed by atoms with Gasteiger partial charge in [0.05, 0.1) is 0 Å². The van der Waals surface area contributed by atoms with E-state index in [1.807, 2.05) is 0 Å². The molecular weight excluding hydrogens is 142 g/mol. The van der Waals surface area contributed by atoms with Gasteiger partial charge in [0.2, 0.25) is 0 Å². The summed E-state index contributed by atoms with van der Waals surface area (Å²) >= 11 is -1.75. The van der Waals surface area contributed by atoms with Crippen LogP contribution < -0.4 is 33.7 Å². The van der Waals surface area contributed by atoms with Gasteiger partial charge in [-0.25, -0.2) is 4.79 Å². The minimum atomic E-state index is -1.83. The first-order valence-electron chi connectivity index (χ1n) is 1.12. The van der Waals surface area contributed by atoms with Gasteiger partial charge in [0.25, 0.3) is 0 Å². The third-order valence-electron chi connectivity index (χ3n) is 0. The molecule has 0 aliphatic rings. The molecule has 0 saturated carbocycles. The molecule has 0 radical (unpaired) electrons. The molecule has 8 heavy (non-hydrogen) atoms. The van der Waals surface area contributed by atoms with E-state index < -0.39 is 21.6 Å². The molecule has 5 nitrogen and oxygen atoms in total. The van der Waals surface area contributed by atoms with Gasteiger partial charge in [-0.15, -0.1) is 0 Å². The Morgan fingerprint density at radius 3 is 1.50 bits per heavy atom. The maximum absolute atomic E-state index is 8.56. The van der Waals surface area contributed by atoms with Crippen LogP contribution in [0, 0.1) is 0 Å². The summed E-state index contributed by atoms with van der Waals surface area (Å²) in [4.78, 5) is 8.56.